The number of ether oxygens (including phenoxy) is 2. The molecule has 0 aromatic carbocycles. The largest absolute Gasteiger partial charge is 0.378 e. The van der Waals surface area contributed by atoms with Crippen molar-refractivity contribution in [1.29, 1.82) is 0 Å². The number of rotatable bonds is 4. The first kappa shape index (κ1) is 7.56. The Labute approximate surface area is 67.9 Å². The van der Waals surface area contributed by atoms with Gasteiger partial charge in [-0.05, 0) is 6.42 Å². The number of fused-ring (bicyclic) bond motifs is 1. The third kappa shape index (κ3) is 1.74. The quantitative estimate of drug-likeness (QED) is 0.456. The van der Waals surface area contributed by atoms with Gasteiger partial charge in [0, 0.05) is 19.4 Å². The summed E-state index contributed by atoms with van der Waals surface area (Å²) in [6.45, 7) is 3.14. The van der Waals surface area contributed by atoms with E-state index in [2.05, 4.69) is 6.92 Å². The number of hydrogen-bond acceptors (Lipinski definition) is 2. The Bertz CT molecular complexity index is 126. The van der Waals surface area contributed by atoms with Crippen LogP contribution in [0.5, 0.6) is 0 Å². The molecule has 0 amide bonds. The second-order valence-electron chi connectivity index (χ2n) is 3.53. The molecular formula is C9H16O2. The molecule has 0 bridgehead atoms. The molecule has 11 heavy (non-hydrogen) atoms. The van der Waals surface area contributed by atoms with Gasteiger partial charge in [0.05, 0.1) is 18.3 Å². The first-order chi connectivity index (χ1) is 5.40. The van der Waals surface area contributed by atoms with Gasteiger partial charge < -0.3 is 9.47 Å². The normalized spacial score (nSPS) is 40.6. The molecule has 0 N–H and O–H groups in total. The van der Waals surface area contributed by atoms with Gasteiger partial charge in [0.1, 0.15) is 0 Å². The standard InChI is InChI=1S/C9H16O2/c1-2-3-4-10-7-5-8-9(6-7)11-8/h7-9H,2-6H2,1H3/t7?,8-,9+. The summed E-state index contributed by atoms with van der Waals surface area (Å²) in [6, 6.07) is 0. The van der Waals surface area contributed by atoms with Gasteiger partial charge >= 0.3 is 0 Å². The van der Waals surface area contributed by atoms with Gasteiger partial charge in [-0.25, -0.2) is 0 Å². The highest BCUT2D eigenvalue weighted by Crippen LogP contribution is 2.39. The molecule has 1 aliphatic heterocycles. The number of epoxide rings is 1. The Balaban J connectivity index is 1.57. The van der Waals surface area contributed by atoms with Crippen molar-refractivity contribution in [2.75, 3.05) is 6.61 Å². The lowest BCUT2D eigenvalue weighted by atomic mass is 10.3. The zero-order valence-electron chi connectivity index (χ0n) is 7.08. The van der Waals surface area contributed by atoms with Crippen LogP contribution in [0.2, 0.25) is 0 Å². The van der Waals surface area contributed by atoms with Crippen molar-refractivity contribution in [2.24, 2.45) is 0 Å². The van der Waals surface area contributed by atoms with Crippen LogP contribution in [0.25, 0.3) is 0 Å². The van der Waals surface area contributed by atoms with Gasteiger partial charge in [-0.15, -0.1) is 0 Å². The minimum Gasteiger partial charge on any atom is -0.378 e. The fourth-order valence-corrected chi connectivity index (χ4v) is 1.74. The topological polar surface area (TPSA) is 21.8 Å². The second-order valence-corrected chi connectivity index (χ2v) is 3.53. The molecular weight excluding hydrogens is 140 g/mol. The van der Waals surface area contributed by atoms with Crippen molar-refractivity contribution in [3.8, 4) is 0 Å². The van der Waals surface area contributed by atoms with Crippen LogP contribution in [0.4, 0.5) is 0 Å². The third-order valence-electron chi connectivity index (χ3n) is 2.53. The summed E-state index contributed by atoms with van der Waals surface area (Å²) in [4.78, 5) is 0. The van der Waals surface area contributed by atoms with Crippen LogP contribution in [0, 0.1) is 0 Å². The lowest BCUT2D eigenvalue weighted by Crippen LogP contribution is -2.12. The summed E-state index contributed by atoms with van der Waals surface area (Å²) < 4.78 is 11.0. The van der Waals surface area contributed by atoms with E-state index in [1.165, 1.54) is 12.8 Å². The van der Waals surface area contributed by atoms with Crippen LogP contribution in [0.1, 0.15) is 32.6 Å². The summed E-state index contributed by atoms with van der Waals surface area (Å²) in [5.41, 5.74) is 0. The predicted octanol–water partition coefficient (Wildman–Crippen LogP) is 1.73. The Morgan fingerprint density at radius 1 is 1.36 bits per heavy atom. The summed E-state index contributed by atoms with van der Waals surface area (Å²) in [5, 5.41) is 0. The molecule has 1 unspecified atom stereocenters. The second kappa shape index (κ2) is 3.11. The van der Waals surface area contributed by atoms with E-state index in [0.717, 1.165) is 19.4 Å². The molecule has 2 rings (SSSR count). The van der Waals surface area contributed by atoms with Gasteiger partial charge in [-0.3, -0.25) is 0 Å². The molecule has 2 fully saturated rings. The van der Waals surface area contributed by atoms with Crippen LogP contribution in [-0.4, -0.2) is 24.9 Å². The van der Waals surface area contributed by atoms with Gasteiger partial charge in [-0.2, -0.15) is 0 Å². The van der Waals surface area contributed by atoms with Gasteiger partial charge in [-0.1, -0.05) is 13.3 Å². The van der Waals surface area contributed by atoms with Gasteiger partial charge in [0.2, 0.25) is 0 Å². The van der Waals surface area contributed by atoms with Crippen molar-refractivity contribution in [1.82, 2.24) is 0 Å². The molecule has 2 heteroatoms. The Morgan fingerprint density at radius 2 is 2.09 bits per heavy atom. The van der Waals surface area contributed by atoms with E-state index in [0.29, 0.717) is 18.3 Å². The van der Waals surface area contributed by atoms with E-state index in [1.807, 2.05) is 0 Å². The van der Waals surface area contributed by atoms with E-state index in [-0.39, 0.29) is 0 Å². The molecule has 3 atom stereocenters. The Kier molecular flexibility index (Phi) is 2.14. The highest BCUT2D eigenvalue weighted by Gasteiger charge is 2.48. The summed E-state index contributed by atoms with van der Waals surface area (Å²) in [6.07, 6.45) is 6.39. The first-order valence-electron chi connectivity index (χ1n) is 4.67. The van der Waals surface area contributed by atoms with Crippen molar-refractivity contribution in [3.05, 3.63) is 0 Å². The fraction of sp³-hybridized carbons (Fsp3) is 1.00. The summed E-state index contributed by atoms with van der Waals surface area (Å²) in [5.74, 6) is 0. The molecule has 1 saturated heterocycles. The molecule has 0 aromatic rings. The average molecular weight is 156 g/mol. The van der Waals surface area contributed by atoms with Crippen LogP contribution in [0.15, 0.2) is 0 Å². The fourth-order valence-electron chi connectivity index (χ4n) is 1.74. The van der Waals surface area contributed by atoms with Crippen molar-refractivity contribution in [2.45, 2.75) is 50.9 Å². The SMILES string of the molecule is CCCCOC1C[C@@H]2O[C@@H]2C1. The molecule has 1 heterocycles. The minimum atomic E-state index is 0.519. The van der Waals surface area contributed by atoms with E-state index in [9.17, 15) is 0 Å². The van der Waals surface area contributed by atoms with E-state index in [4.69, 9.17) is 9.47 Å². The predicted molar refractivity (Wildman–Crippen MR) is 42.5 cm³/mol. The lowest BCUT2D eigenvalue weighted by Gasteiger charge is -2.11. The summed E-state index contributed by atoms with van der Waals surface area (Å²) in [7, 11) is 0. The van der Waals surface area contributed by atoms with Crippen molar-refractivity contribution >= 4 is 0 Å². The highest BCUT2D eigenvalue weighted by atomic mass is 16.6. The molecule has 1 saturated carbocycles. The van der Waals surface area contributed by atoms with Crippen LogP contribution in [-0.2, 0) is 9.47 Å². The maximum absolute atomic E-state index is 5.66. The molecule has 0 aromatic heterocycles. The molecule has 2 nitrogen and oxygen atoms in total. The van der Waals surface area contributed by atoms with Crippen LogP contribution < -0.4 is 0 Å². The zero-order chi connectivity index (χ0) is 7.68. The molecule has 2 aliphatic rings. The average Bonchev–Trinajstić information content (AvgIpc) is 2.61. The summed E-state index contributed by atoms with van der Waals surface area (Å²) >= 11 is 0. The molecule has 0 radical (unpaired) electrons. The van der Waals surface area contributed by atoms with E-state index in [1.54, 1.807) is 0 Å². The van der Waals surface area contributed by atoms with Gasteiger partial charge in [0.15, 0.2) is 0 Å². The van der Waals surface area contributed by atoms with E-state index >= 15 is 0 Å². The molecule has 64 valence electrons. The number of unbranched alkanes of at least 4 members (excludes halogenated alkanes) is 1. The number of hydrogen-bond donors (Lipinski definition) is 0. The Hall–Kier alpha value is -0.0800. The van der Waals surface area contributed by atoms with Crippen LogP contribution in [0.3, 0.4) is 0 Å². The maximum atomic E-state index is 5.66. The van der Waals surface area contributed by atoms with Gasteiger partial charge in [0.25, 0.3) is 0 Å². The van der Waals surface area contributed by atoms with E-state index < -0.39 is 0 Å². The lowest BCUT2D eigenvalue weighted by molar-refractivity contribution is 0.0319. The maximum Gasteiger partial charge on any atom is 0.0867 e. The molecule has 1 aliphatic carbocycles. The zero-order valence-corrected chi connectivity index (χ0v) is 7.08. The van der Waals surface area contributed by atoms with Crippen molar-refractivity contribution in [3.63, 3.8) is 0 Å². The monoisotopic (exact) mass is 156 g/mol. The van der Waals surface area contributed by atoms with Crippen molar-refractivity contribution < 1.29 is 9.47 Å². The van der Waals surface area contributed by atoms with Crippen LogP contribution >= 0.6 is 0 Å². The smallest absolute Gasteiger partial charge is 0.0867 e. The minimum absolute atomic E-state index is 0.519. The highest BCUT2D eigenvalue weighted by molar-refractivity contribution is 4.96. The Morgan fingerprint density at radius 3 is 2.73 bits per heavy atom. The molecule has 0 spiro atoms. The third-order valence-corrected chi connectivity index (χ3v) is 2.53. The first-order valence-corrected chi connectivity index (χ1v) is 4.67.